The highest BCUT2D eigenvalue weighted by atomic mass is 16.5. The summed E-state index contributed by atoms with van der Waals surface area (Å²) >= 11 is 0. The van der Waals surface area contributed by atoms with Gasteiger partial charge in [-0.2, -0.15) is 5.26 Å². The van der Waals surface area contributed by atoms with Crippen LogP contribution in [0.3, 0.4) is 0 Å². The summed E-state index contributed by atoms with van der Waals surface area (Å²) in [6.07, 6.45) is 7.35. The Kier molecular flexibility index (Phi) is 3.56. The van der Waals surface area contributed by atoms with E-state index in [1.165, 1.54) is 32.2 Å². The monoisotopic (exact) mass is 249 g/mol. The van der Waals surface area contributed by atoms with Gasteiger partial charge in [-0.05, 0) is 38.6 Å². The van der Waals surface area contributed by atoms with Crippen LogP contribution >= 0.6 is 0 Å². The molecule has 18 heavy (non-hydrogen) atoms. The van der Waals surface area contributed by atoms with Gasteiger partial charge < -0.3 is 4.74 Å². The van der Waals surface area contributed by atoms with Crippen molar-refractivity contribution >= 4 is 0 Å². The average molecular weight is 249 g/mol. The lowest BCUT2D eigenvalue weighted by Gasteiger charge is -2.37. The van der Waals surface area contributed by atoms with Crippen molar-refractivity contribution in [2.45, 2.75) is 56.2 Å². The van der Waals surface area contributed by atoms with Crippen molar-refractivity contribution in [2.75, 3.05) is 26.2 Å². The van der Waals surface area contributed by atoms with E-state index in [0.29, 0.717) is 12.1 Å². The molecule has 0 aromatic rings. The van der Waals surface area contributed by atoms with Crippen molar-refractivity contribution in [1.82, 2.24) is 10.2 Å². The number of nitriles is 1. The van der Waals surface area contributed by atoms with Crippen molar-refractivity contribution in [1.29, 1.82) is 5.26 Å². The van der Waals surface area contributed by atoms with Gasteiger partial charge in [0.1, 0.15) is 5.54 Å². The van der Waals surface area contributed by atoms with Gasteiger partial charge in [0.25, 0.3) is 0 Å². The van der Waals surface area contributed by atoms with Crippen molar-refractivity contribution in [3.05, 3.63) is 0 Å². The van der Waals surface area contributed by atoms with E-state index in [2.05, 4.69) is 16.3 Å². The van der Waals surface area contributed by atoms with Crippen LogP contribution in [-0.2, 0) is 4.74 Å². The Labute approximate surface area is 109 Å². The quantitative estimate of drug-likeness (QED) is 0.818. The first-order valence-corrected chi connectivity index (χ1v) is 7.36. The molecular formula is C14H23N3O. The molecule has 3 aliphatic heterocycles. The summed E-state index contributed by atoms with van der Waals surface area (Å²) < 4.78 is 5.65. The van der Waals surface area contributed by atoms with Crippen LogP contribution < -0.4 is 5.32 Å². The van der Waals surface area contributed by atoms with Crippen LogP contribution in [-0.4, -0.2) is 48.8 Å². The zero-order valence-corrected chi connectivity index (χ0v) is 11.0. The smallest absolute Gasteiger partial charge is 0.123 e. The molecule has 0 radical (unpaired) electrons. The Morgan fingerprint density at radius 2 is 2.22 bits per heavy atom. The van der Waals surface area contributed by atoms with E-state index in [-0.39, 0.29) is 5.54 Å². The number of hydrogen-bond donors (Lipinski definition) is 1. The van der Waals surface area contributed by atoms with Gasteiger partial charge >= 0.3 is 0 Å². The molecule has 1 N–H and O–H groups in total. The molecule has 4 heteroatoms. The molecule has 3 atom stereocenters. The van der Waals surface area contributed by atoms with Crippen LogP contribution in [0.5, 0.6) is 0 Å². The Morgan fingerprint density at radius 1 is 1.28 bits per heavy atom. The maximum atomic E-state index is 9.65. The highest BCUT2D eigenvalue weighted by Crippen LogP contribution is 2.34. The Morgan fingerprint density at radius 3 is 3.00 bits per heavy atom. The summed E-state index contributed by atoms with van der Waals surface area (Å²) in [7, 11) is 0. The molecule has 0 bridgehead atoms. The minimum atomic E-state index is -0.313. The molecule has 3 fully saturated rings. The Hall–Kier alpha value is -0.630. The van der Waals surface area contributed by atoms with E-state index >= 15 is 0 Å². The molecule has 4 nitrogen and oxygen atoms in total. The fraction of sp³-hybridized carbons (Fsp3) is 0.929. The lowest BCUT2D eigenvalue weighted by Crippen LogP contribution is -2.56. The number of piperidine rings is 1. The highest BCUT2D eigenvalue weighted by Gasteiger charge is 2.48. The van der Waals surface area contributed by atoms with E-state index < -0.39 is 0 Å². The number of rotatable bonds is 3. The van der Waals surface area contributed by atoms with Crippen molar-refractivity contribution in [3.8, 4) is 6.07 Å². The van der Waals surface area contributed by atoms with Gasteiger partial charge in [-0.25, -0.2) is 0 Å². The van der Waals surface area contributed by atoms with Crippen LogP contribution in [0.1, 0.15) is 38.5 Å². The molecule has 3 aliphatic rings. The minimum absolute atomic E-state index is 0.313. The Bertz CT molecular complexity index is 334. The summed E-state index contributed by atoms with van der Waals surface area (Å²) in [6, 6.07) is 3.02. The predicted molar refractivity (Wildman–Crippen MR) is 69.1 cm³/mol. The molecule has 0 aromatic heterocycles. The van der Waals surface area contributed by atoms with Crippen LogP contribution in [0, 0.1) is 11.3 Å². The number of hydrogen-bond acceptors (Lipinski definition) is 4. The third kappa shape index (κ3) is 2.16. The van der Waals surface area contributed by atoms with E-state index in [4.69, 9.17) is 4.74 Å². The molecule has 0 saturated carbocycles. The second-order valence-electron chi connectivity index (χ2n) is 5.90. The topological polar surface area (TPSA) is 48.3 Å². The van der Waals surface area contributed by atoms with Gasteiger partial charge in [-0.15, -0.1) is 0 Å². The van der Waals surface area contributed by atoms with Crippen molar-refractivity contribution < 1.29 is 4.74 Å². The summed E-state index contributed by atoms with van der Waals surface area (Å²) in [4.78, 5) is 2.51. The molecule has 3 unspecified atom stereocenters. The lowest BCUT2D eigenvalue weighted by molar-refractivity contribution is 0.0962. The number of nitrogens with one attached hydrogen (secondary N) is 1. The summed E-state index contributed by atoms with van der Waals surface area (Å²) in [5.74, 6) is 0. The van der Waals surface area contributed by atoms with E-state index in [1.807, 2.05) is 0 Å². The first kappa shape index (κ1) is 12.4. The SMILES string of the molecule is N#CC1(NCC2CCCO2)CCN2CCCCC21. The summed E-state index contributed by atoms with van der Waals surface area (Å²) in [5.41, 5.74) is -0.313. The largest absolute Gasteiger partial charge is 0.377 e. The second-order valence-corrected chi connectivity index (χ2v) is 5.90. The predicted octanol–water partition coefficient (Wildman–Crippen LogP) is 1.28. The fourth-order valence-electron chi connectivity index (χ4n) is 3.78. The van der Waals surface area contributed by atoms with Gasteiger partial charge in [0.05, 0.1) is 12.2 Å². The van der Waals surface area contributed by atoms with E-state index in [1.54, 1.807) is 0 Å². The maximum Gasteiger partial charge on any atom is 0.123 e. The zero-order valence-electron chi connectivity index (χ0n) is 11.0. The minimum Gasteiger partial charge on any atom is -0.377 e. The highest BCUT2D eigenvalue weighted by molar-refractivity contribution is 5.19. The van der Waals surface area contributed by atoms with Crippen LogP contribution in [0.2, 0.25) is 0 Å². The van der Waals surface area contributed by atoms with Crippen molar-refractivity contribution in [3.63, 3.8) is 0 Å². The van der Waals surface area contributed by atoms with E-state index in [0.717, 1.165) is 32.5 Å². The Balaban J connectivity index is 1.64. The number of nitrogens with zero attached hydrogens (tertiary/aromatic N) is 2. The van der Waals surface area contributed by atoms with Crippen LogP contribution in [0.15, 0.2) is 0 Å². The molecule has 100 valence electrons. The fourth-order valence-corrected chi connectivity index (χ4v) is 3.78. The normalized spacial score (nSPS) is 40.6. The molecule has 3 heterocycles. The van der Waals surface area contributed by atoms with Gasteiger partial charge in [0, 0.05) is 25.7 Å². The van der Waals surface area contributed by atoms with Crippen LogP contribution in [0.4, 0.5) is 0 Å². The molecule has 3 rings (SSSR count). The van der Waals surface area contributed by atoms with E-state index in [9.17, 15) is 5.26 Å². The zero-order chi connectivity index (χ0) is 12.4. The van der Waals surface area contributed by atoms with Crippen LogP contribution in [0.25, 0.3) is 0 Å². The van der Waals surface area contributed by atoms with Gasteiger partial charge in [-0.1, -0.05) is 6.42 Å². The van der Waals surface area contributed by atoms with Gasteiger partial charge in [0.2, 0.25) is 0 Å². The molecule has 0 aliphatic carbocycles. The standard InChI is InChI=1S/C14H23N3O/c15-11-14(16-10-12-4-3-9-18-12)6-8-17-7-2-1-5-13(14)17/h12-13,16H,1-10H2. The van der Waals surface area contributed by atoms with Gasteiger partial charge in [-0.3, -0.25) is 10.2 Å². The van der Waals surface area contributed by atoms with Crippen molar-refractivity contribution in [2.24, 2.45) is 0 Å². The molecule has 0 spiro atoms. The third-order valence-corrected chi connectivity index (χ3v) is 4.84. The summed E-state index contributed by atoms with van der Waals surface area (Å²) in [6.45, 7) is 3.99. The molecule has 3 saturated heterocycles. The number of fused-ring (bicyclic) bond motifs is 1. The molecule has 0 amide bonds. The van der Waals surface area contributed by atoms with Gasteiger partial charge in [0.15, 0.2) is 0 Å². The molecule has 0 aromatic carbocycles. The number of ether oxygens (including phenoxy) is 1. The first-order chi connectivity index (χ1) is 8.84. The average Bonchev–Trinajstić information content (AvgIpc) is 3.05. The maximum absolute atomic E-state index is 9.65. The molecular weight excluding hydrogens is 226 g/mol. The second kappa shape index (κ2) is 5.16. The summed E-state index contributed by atoms with van der Waals surface area (Å²) in [5, 5.41) is 13.2. The first-order valence-electron chi connectivity index (χ1n) is 7.36. The lowest BCUT2D eigenvalue weighted by atomic mass is 9.86. The third-order valence-electron chi connectivity index (χ3n) is 4.84.